The second kappa shape index (κ2) is 7.55. The van der Waals surface area contributed by atoms with Gasteiger partial charge in [0.1, 0.15) is 5.75 Å². The minimum Gasteiger partial charge on any atom is -0.496 e. The summed E-state index contributed by atoms with van der Waals surface area (Å²) < 4.78 is 44.2. The van der Waals surface area contributed by atoms with Crippen LogP contribution >= 0.6 is 0 Å². The fraction of sp³-hybridized carbons (Fsp3) is 0.0909. The van der Waals surface area contributed by atoms with E-state index in [2.05, 4.69) is 15.5 Å². The Balaban J connectivity index is 1.65. The first-order chi connectivity index (χ1) is 14.3. The summed E-state index contributed by atoms with van der Waals surface area (Å²) in [5, 5.41) is 10.5. The standard InChI is InChI=1S/C22H16F3N3O2/c1-30-20-8-7-17(11-18(20)13-5-6-15-12-26-28-19(15)10-13)27-21(29)14-3-2-4-16(9-14)22(23,24)25/h2-12H,1H3,(H,26,28)(H,27,29). The molecule has 0 fully saturated rings. The van der Waals surface area contributed by atoms with Crippen molar-refractivity contribution in [3.05, 3.63) is 78.0 Å². The predicted octanol–water partition coefficient (Wildman–Crippen LogP) is 5.51. The molecule has 0 radical (unpaired) electrons. The summed E-state index contributed by atoms with van der Waals surface area (Å²) >= 11 is 0. The number of benzene rings is 3. The average Bonchev–Trinajstić information content (AvgIpc) is 3.21. The lowest BCUT2D eigenvalue weighted by Crippen LogP contribution is -2.14. The summed E-state index contributed by atoms with van der Waals surface area (Å²) in [7, 11) is 1.54. The van der Waals surface area contributed by atoms with Crippen LogP contribution in [0.4, 0.5) is 18.9 Å². The summed E-state index contributed by atoms with van der Waals surface area (Å²) in [6, 6.07) is 15.0. The lowest BCUT2D eigenvalue weighted by Gasteiger charge is -2.13. The Hall–Kier alpha value is -3.81. The van der Waals surface area contributed by atoms with Crippen LogP contribution in [0.15, 0.2) is 66.9 Å². The van der Waals surface area contributed by atoms with Crippen LogP contribution < -0.4 is 10.1 Å². The number of rotatable bonds is 4. The molecule has 1 aromatic heterocycles. The second-order valence-electron chi connectivity index (χ2n) is 6.62. The van der Waals surface area contributed by atoms with E-state index in [1.54, 1.807) is 24.4 Å². The van der Waals surface area contributed by atoms with Crippen molar-refractivity contribution >= 4 is 22.5 Å². The third-order valence-corrected chi connectivity index (χ3v) is 4.66. The Morgan fingerprint density at radius 2 is 1.90 bits per heavy atom. The highest BCUT2D eigenvalue weighted by Gasteiger charge is 2.30. The molecule has 0 aliphatic heterocycles. The van der Waals surface area contributed by atoms with E-state index >= 15 is 0 Å². The smallest absolute Gasteiger partial charge is 0.416 e. The number of aromatic amines is 1. The van der Waals surface area contributed by atoms with Gasteiger partial charge in [-0.05, 0) is 48.0 Å². The highest BCUT2D eigenvalue weighted by Crippen LogP contribution is 2.34. The van der Waals surface area contributed by atoms with Gasteiger partial charge in [0.25, 0.3) is 5.91 Å². The number of nitrogens with zero attached hydrogens (tertiary/aromatic N) is 1. The molecule has 5 nitrogen and oxygen atoms in total. The molecule has 0 unspecified atom stereocenters. The van der Waals surface area contributed by atoms with Gasteiger partial charge in [0.2, 0.25) is 0 Å². The number of hydrogen-bond acceptors (Lipinski definition) is 3. The largest absolute Gasteiger partial charge is 0.496 e. The van der Waals surface area contributed by atoms with E-state index in [1.807, 2.05) is 18.2 Å². The molecule has 0 spiro atoms. The fourth-order valence-electron chi connectivity index (χ4n) is 3.16. The van der Waals surface area contributed by atoms with Gasteiger partial charge in [-0.2, -0.15) is 18.3 Å². The lowest BCUT2D eigenvalue weighted by atomic mass is 10.0. The number of halogens is 3. The van der Waals surface area contributed by atoms with Crippen LogP contribution in [0, 0.1) is 0 Å². The van der Waals surface area contributed by atoms with Gasteiger partial charge in [0.05, 0.1) is 24.4 Å². The van der Waals surface area contributed by atoms with Crippen LogP contribution in [-0.2, 0) is 6.18 Å². The summed E-state index contributed by atoms with van der Waals surface area (Å²) in [4.78, 5) is 12.5. The zero-order chi connectivity index (χ0) is 21.3. The Labute approximate surface area is 169 Å². The summed E-state index contributed by atoms with van der Waals surface area (Å²) in [6.45, 7) is 0. The predicted molar refractivity (Wildman–Crippen MR) is 107 cm³/mol. The van der Waals surface area contributed by atoms with Crippen molar-refractivity contribution in [1.82, 2.24) is 10.2 Å². The third kappa shape index (κ3) is 3.84. The number of nitrogens with one attached hydrogen (secondary N) is 2. The molecule has 0 bridgehead atoms. The Morgan fingerprint density at radius 1 is 1.07 bits per heavy atom. The molecule has 1 heterocycles. The van der Waals surface area contributed by atoms with Crippen molar-refractivity contribution in [1.29, 1.82) is 0 Å². The van der Waals surface area contributed by atoms with Crippen molar-refractivity contribution in [2.24, 2.45) is 0 Å². The van der Waals surface area contributed by atoms with Crippen LogP contribution in [-0.4, -0.2) is 23.2 Å². The SMILES string of the molecule is COc1ccc(NC(=O)c2cccc(C(F)(F)F)c2)cc1-c1ccc2cn[nH]c2c1. The zero-order valence-electron chi connectivity index (χ0n) is 15.7. The van der Waals surface area contributed by atoms with E-state index in [0.29, 0.717) is 11.4 Å². The molecule has 0 saturated heterocycles. The van der Waals surface area contributed by atoms with Crippen molar-refractivity contribution in [2.75, 3.05) is 12.4 Å². The molecule has 152 valence electrons. The molecule has 3 aromatic carbocycles. The first kappa shape index (κ1) is 19.5. The Morgan fingerprint density at radius 3 is 2.67 bits per heavy atom. The minimum absolute atomic E-state index is 0.0823. The van der Waals surface area contributed by atoms with E-state index in [1.165, 1.54) is 19.2 Å². The number of carbonyl (C=O) groups excluding carboxylic acids is 1. The van der Waals surface area contributed by atoms with E-state index in [9.17, 15) is 18.0 Å². The molecular weight excluding hydrogens is 395 g/mol. The van der Waals surface area contributed by atoms with Gasteiger partial charge in [-0.3, -0.25) is 9.89 Å². The van der Waals surface area contributed by atoms with E-state index in [4.69, 9.17) is 4.74 Å². The number of carbonyl (C=O) groups is 1. The second-order valence-corrected chi connectivity index (χ2v) is 6.62. The maximum absolute atomic E-state index is 12.9. The number of H-pyrrole nitrogens is 1. The first-order valence-corrected chi connectivity index (χ1v) is 8.95. The number of alkyl halides is 3. The lowest BCUT2D eigenvalue weighted by molar-refractivity contribution is -0.137. The number of amides is 1. The third-order valence-electron chi connectivity index (χ3n) is 4.66. The Kier molecular flexibility index (Phi) is 4.91. The van der Waals surface area contributed by atoms with Crippen molar-refractivity contribution in [3.8, 4) is 16.9 Å². The monoisotopic (exact) mass is 411 g/mol. The van der Waals surface area contributed by atoms with Crippen LogP contribution in [0.5, 0.6) is 5.75 Å². The number of anilines is 1. The van der Waals surface area contributed by atoms with Gasteiger partial charge in [0.15, 0.2) is 0 Å². The van der Waals surface area contributed by atoms with Crippen LogP contribution in [0.2, 0.25) is 0 Å². The average molecular weight is 411 g/mol. The van der Waals surface area contributed by atoms with Crippen molar-refractivity contribution in [3.63, 3.8) is 0 Å². The summed E-state index contributed by atoms with van der Waals surface area (Å²) in [6.07, 6.45) is -2.81. The molecule has 8 heteroatoms. The highest BCUT2D eigenvalue weighted by atomic mass is 19.4. The maximum atomic E-state index is 12.9. The number of fused-ring (bicyclic) bond motifs is 1. The normalized spacial score (nSPS) is 11.5. The summed E-state index contributed by atoms with van der Waals surface area (Å²) in [5.74, 6) is -0.0489. The highest BCUT2D eigenvalue weighted by molar-refractivity contribution is 6.04. The van der Waals surface area contributed by atoms with Crippen molar-refractivity contribution in [2.45, 2.75) is 6.18 Å². The van der Waals surface area contributed by atoms with Crippen LogP contribution in [0.1, 0.15) is 15.9 Å². The number of hydrogen-bond donors (Lipinski definition) is 2. The molecule has 4 aromatic rings. The quantitative estimate of drug-likeness (QED) is 0.465. The number of methoxy groups -OCH3 is 1. The first-order valence-electron chi connectivity index (χ1n) is 8.95. The number of aromatic nitrogens is 2. The van der Waals surface area contributed by atoms with E-state index < -0.39 is 17.6 Å². The van der Waals surface area contributed by atoms with Gasteiger partial charge in [-0.25, -0.2) is 0 Å². The van der Waals surface area contributed by atoms with E-state index in [0.717, 1.165) is 34.2 Å². The Bertz CT molecular complexity index is 1230. The van der Waals surface area contributed by atoms with Crippen LogP contribution in [0.3, 0.4) is 0 Å². The fourth-order valence-corrected chi connectivity index (χ4v) is 3.16. The van der Waals surface area contributed by atoms with Gasteiger partial charge in [0, 0.05) is 22.2 Å². The van der Waals surface area contributed by atoms with Gasteiger partial charge >= 0.3 is 6.18 Å². The molecule has 0 atom stereocenters. The molecule has 1 amide bonds. The molecule has 2 N–H and O–H groups in total. The number of ether oxygens (including phenoxy) is 1. The van der Waals surface area contributed by atoms with Crippen molar-refractivity contribution < 1.29 is 22.7 Å². The van der Waals surface area contributed by atoms with Gasteiger partial charge in [-0.15, -0.1) is 0 Å². The minimum atomic E-state index is -4.52. The maximum Gasteiger partial charge on any atom is 0.416 e. The summed E-state index contributed by atoms with van der Waals surface area (Å²) in [5.41, 5.74) is 1.86. The molecule has 30 heavy (non-hydrogen) atoms. The van der Waals surface area contributed by atoms with Gasteiger partial charge in [-0.1, -0.05) is 18.2 Å². The molecule has 0 saturated carbocycles. The van der Waals surface area contributed by atoms with E-state index in [-0.39, 0.29) is 5.56 Å². The topological polar surface area (TPSA) is 67.0 Å². The zero-order valence-corrected chi connectivity index (χ0v) is 15.7. The molecule has 4 rings (SSSR count). The molecule has 0 aliphatic rings. The van der Waals surface area contributed by atoms with Crippen LogP contribution in [0.25, 0.3) is 22.0 Å². The molecular formula is C22H16F3N3O2. The van der Waals surface area contributed by atoms with Gasteiger partial charge < -0.3 is 10.1 Å². The molecule has 0 aliphatic carbocycles.